The maximum Gasteiger partial charge on any atom is 0.0670 e. The summed E-state index contributed by atoms with van der Waals surface area (Å²) in [6, 6.07) is 0. The van der Waals surface area contributed by atoms with E-state index >= 15 is 0 Å². The molecule has 0 aliphatic heterocycles. The fraction of sp³-hybridized carbons (Fsp3) is 0.700. The van der Waals surface area contributed by atoms with E-state index in [9.17, 15) is 0 Å². The molecule has 0 bridgehead atoms. The van der Waals surface area contributed by atoms with Crippen LogP contribution in [0.5, 0.6) is 0 Å². The number of aliphatic hydroxyl groups excluding tert-OH is 3. The first-order valence-corrected chi connectivity index (χ1v) is 4.13. The van der Waals surface area contributed by atoms with Gasteiger partial charge >= 0.3 is 0 Å². The number of ether oxygens (including phenoxy) is 1. The molecule has 0 radical (unpaired) electrons. The van der Waals surface area contributed by atoms with Crippen molar-refractivity contribution in [1.29, 1.82) is 0 Å². The van der Waals surface area contributed by atoms with Crippen molar-refractivity contribution < 1.29 is 41.8 Å². The molecule has 0 saturated heterocycles. The molecular weight excluding hydrogens is 232 g/mol. The van der Waals surface area contributed by atoms with E-state index in [0.29, 0.717) is 6.61 Å². The van der Waals surface area contributed by atoms with Crippen LogP contribution in [-0.4, -0.2) is 49.9 Å². The second-order valence-corrected chi connectivity index (χ2v) is 1.86. The Labute approximate surface area is 109 Å². The summed E-state index contributed by atoms with van der Waals surface area (Å²) in [6.07, 6.45) is 0.841. The zero-order valence-electron chi connectivity index (χ0n) is 10.3. The predicted octanol–water partition coefficient (Wildman–Crippen LogP) is 0.626. The van der Waals surface area contributed by atoms with Crippen molar-refractivity contribution in [2.24, 2.45) is 0 Å². The van der Waals surface area contributed by atoms with Gasteiger partial charge in [0.05, 0.1) is 6.61 Å². The third kappa shape index (κ3) is 77.1. The van der Waals surface area contributed by atoms with Crippen LogP contribution in [0.2, 0.25) is 0 Å². The molecule has 0 rings (SSSR count). The van der Waals surface area contributed by atoms with E-state index in [1.165, 1.54) is 0 Å². The van der Waals surface area contributed by atoms with Gasteiger partial charge in [0.1, 0.15) is 0 Å². The van der Waals surface area contributed by atoms with Gasteiger partial charge in [-0.3, -0.25) is 0 Å². The van der Waals surface area contributed by atoms with Crippen molar-refractivity contribution in [3.63, 3.8) is 0 Å². The largest absolute Gasteiger partial charge is 0.400 e. The minimum atomic E-state index is 0. The van der Waals surface area contributed by atoms with Gasteiger partial charge in [-0.1, -0.05) is 12.2 Å². The van der Waals surface area contributed by atoms with E-state index in [4.69, 9.17) is 20.1 Å². The molecule has 3 N–H and O–H groups in total. The Balaban J connectivity index is -0.0000000410. The first-order chi connectivity index (χ1) is 6.77. The van der Waals surface area contributed by atoms with Crippen molar-refractivity contribution >= 4 is 0 Å². The standard InChI is InChI=1S/C7H13O.3CH4O.Ti/c1-4-5-8-6-7(2)3;3*1-2;/h1-2,4-6H2,3H3;3*2H,1H3;/q-1;;;;. The van der Waals surface area contributed by atoms with Gasteiger partial charge in [-0.15, -0.1) is 0 Å². The van der Waals surface area contributed by atoms with Crippen molar-refractivity contribution in [2.75, 3.05) is 34.5 Å². The fourth-order valence-electron chi connectivity index (χ4n) is 0.348. The second kappa shape index (κ2) is 47.5. The zero-order chi connectivity index (χ0) is 12.4. The molecule has 94 valence electrons. The summed E-state index contributed by atoms with van der Waals surface area (Å²) in [5.41, 5.74) is 1.07. The van der Waals surface area contributed by atoms with Crippen LogP contribution in [0.3, 0.4) is 0 Å². The van der Waals surface area contributed by atoms with Gasteiger partial charge in [0.25, 0.3) is 0 Å². The number of hydrogen-bond donors (Lipinski definition) is 3. The summed E-state index contributed by atoms with van der Waals surface area (Å²) in [5, 5.41) is 21.0. The summed E-state index contributed by atoms with van der Waals surface area (Å²) in [5.74, 6) is 0. The van der Waals surface area contributed by atoms with Gasteiger partial charge < -0.3 is 27.0 Å². The maximum atomic E-state index is 7.00. The molecule has 0 heterocycles. The van der Waals surface area contributed by atoms with E-state index in [0.717, 1.165) is 39.9 Å². The van der Waals surface area contributed by atoms with Crippen molar-refractivity contribution in [3.8, 4) is 0 Å². The average molecular weight is 257 g/mol. The fourth-order valence-corrected chi connectivity index (χ4v) is 0.348. The molecule has 4 nitrogen and oxygen atoms in total. The monoisotopic (exact) mass is 257 g/mol. The number of aliphatic hydroxyl groups is 3. The minimum absolute atomic E-state index is 0. The Hall–Kier alpha value is 0.294. The second-order valence-electron chi connectivity index (χ2n) is 1.86. The van der Waals surface area contributed by atoms with Crippen LogP contribution in [0.1, 0.15) is 13.3 Å². The molecule has 0 atom stereocenters. The molecule has 0 saturated carbocycles. The summed E-state index contributed by atoms with van der Waals surface area (Å²) < 4.78 is 5.08. The van der Waals surface area contributed by atoms with Crippen LogP contribution < -0.4 is 0 Å². The SMILES string of the molecule is C=C(C)COCC[CH2-].CO.CO.CO.[Ti]. The molecule has 0 fully saturated rings. The molecule has 0 unspecified atom stereocenters. The van der Waals surface area contributed by atoms with Gasteiger partial charge in [-0.25, -0.2) is 0 Å². The summed E-state index contributed by atoms with van der Waals surface area (Å²) >= 11 is 0. The maximum absolute atomic E-state index is 7.00. The van der Waals surface area contributed by atoms with Crippen LogP contribution >= 0.6 is 0 Å². The van der Waals surface area contributed by atoms with E-state index in [1.807, 2.05) is 6.92 Å². The number of hydrogen-bond acceptors (Lipinski definition) is 4. The molecule has 0 aliphatic carbocycles. The smallest absolute Gasteiger partial charge is 0.0670 e. The summed E-state index contributed by atoms with van der Waals surface area (Å²) in [4.78, 5) is 0. The van der Waals surface area contributed by atoms with Crippen molar-refractivity contribution in [3.05, 3.63) is 19.1 Å². The summed E-state index contributed by atoms with van der Waals surface area (Å²) in [7, 11) is 3.00. The summed E-state index contributed by atoms with van der Waals surface area (Å²) in [6.45, 7) is 10.7. The molecule has 5 heteroatoms. The van der Waals surface area contributed by atoms with Crippen molar-refractivity contribution in [1.82, 2.24) is 0 Å². The van der Waals surface area contributed by atoms with E-state index in [-0.39, 0.29) is 21.7 Å². The Morgan fingerprint density at radius 2 is 1.47 bits per heavy atom. The molecular formula is C10H25O4Ti-. The molecule has 0 aliphatic rings. The van der Waals surface area contributed by atoms with Gasteiger partial charge in [0, 0.05) is 49.7 Å². The Bertz CT molecular complexity index is 79.8. The van der Waals surface area contributed by atoms with Crippen LogP contribution in [-0.2, 0) is 26.5 Å². The quantitative estimate of drug-likeness (QED) is 0.299. The normalized spacial score (nSPS) is 6.13. The van der Waals surface area contributed by atoms with E-state index in [1.54, 1.807) is 0 Å². The third-order valence-electron chi connectivity index (χ3n) is 0.637. The molecule has 0 aromatic heterocycles. The predicted molar refractivity (Wildman–Crippen MR) is 60.0 cm³/mol. The van der Waals surface area contributed by atoms with Crippen LogP contribution in [0.25, 0.3) is 0 Å². The van der Waals surface area contributed by atoms with Crippen molar-refractivity contribution in [2.45, 2.75) is 13.3 Å². The third-order valence-corrected chi connectivity index (χ3v) is 0.637. The minimum Gasteiger partial charge on any atom is -0.400 e. The Kier molecular flexibility index (Phi) is 93.3. The number of rotatable bonds is 4. The molecule has 0 aromatic rings. The Morgan fingerprint density at radius 1 is 1.13 bits per heavy atom. The first kappa shape index (κ1) is 29.5. The molecule has 0 aromatic carbocycles. The molecule has 0 amide bonds. The Morgan fingerprint density at radius 3 is 1.67 bits per heavy atom. The zero-order valence-corrected chi connectivity index (χ0v) is 11.8. The van der Waals surface area contributed by atoms with E-state index in [2.05, 4.69) is 13.5 Å². The van der Waals surface area contributed by atoms with Gasteiger partial charge in [0.15, 0.2) is 0 Å². The van der Waals surface area contributed by atoms with Gasteiger partial charge in [-0.05, 0) is 6.92 Å². The van der Waals surface area contributed by atoms with Crippen LogP contribution in [0.15, 0.2) is 12.2 Å². The van der Waals surface area contributed by atoms with Crippen LogP contribution in [0, 0.1) is 6.92 Å². The molecule has 0 spiro atoms. The topological polar surface area (TPSA) is 69.9 Å². The van der Waals surface area contributed by atoms with Gasteiger partial charge in [-0.2, -0.15) is 6.42 Å². The molecule has 15 heavy (non-hydrogen) atoms. The van der Waals surface area contributed by atoms with Gasteiger partial charge in [0.2, 0.25) is 0 Å². The van der Waals surface area contributed by atoms with E-state index < -0.39 is 0 Å². The average Bonchev–Trinajstić information content (AvgIpc) is 2.27. The van der Waals surface area contributed by atoms with Crippen LogP contribution in [0.4, 0.5) is 0 Å². The first-order valence-electron chi connectivity index (χ1n) is 4.13.